The van der Waals surface area contributed by atoms with Crippen LogP contribution in [0.15, 0.2) is 48.5 Å². The number of nitrogens with one attached hydrogen (secondary N) is 1. The van der Waals surface area contributed by atoms with E-state index < -0.39 is 5.91 Å². The van der Waals surface area contributed by atoms with Gasteiger partial charge in [0.05, 0.1) is 18.4 Å². The topological polar surface area (TPSA) is 105 Å². The lowest BCUT2D eigenvalue weighted by Crippen LogP contribution is -2.13. The maximum atomic E-state index is 12.5. The molecule has 6 heteroatoms. The van der Waals surface area contributed by atoms with Gasteiger partial charge in [-0.25, -0.2) is 0 Å². The number of hydrogen-bond acceptors (Lipinski definition) is 5. The monoisotopic (exact) mass is 324 g/mol. The molecule has 0 aliphatic rings. The summed E-state index contributed by atoms with van der Waals surface area (Å²) in [6, 6.07) is 12.8. The molecule has 3 rings (SSSR count). The van der Waals surface area contributed by atoms with Gasteiger partial charge < -0.3 is 26.0 Å². The molecule has 0 saturated heterocycles. The molecule has 6 nitrogen and oxygen atoms in total. The van der Waals surface area contributed by atoms with Gasteiger partial charge in [0.1, 0.15) is 17.2 Å². The molecule has 0 saturated carbocycles. The minimum Gasteiger partial charge on any atom is -0.507 e. The van der Waals surface area contributed by atoms with Crippen LogP contribution < -0.4 is 15.8 Å². The standard InChI is InChI=1S/C18H16N2O4/c1-24-16-8-10(19)6-7-14(16)20-18(23)13-9-15(21)11-4-2-3-5-12(11)17(13)22/h2-9,21-22H,19H2,1H3,(H,20,23). The molecule has 0 atom stereocenters. The minimum atomic E-state index is -0.573. The molecule has 0 bridgehead atoms. The highest BCUT2D eigenvalue weighted by molar-refractivity contribution is 6.11. The number of aromatic hydroxyl groups is 2. The van der Waals surface area contributed by atoms with Gasteiger partial charge >= 0.3 is 0 Å². The molecule has 3 aromatic carbocycles. The number of hydrogen-bond donors (Lipinski definition) is 4. The number of phenolic OH excluding ortho intramolecular Hbond substituents is 2. The van der Waals surface area contributed by atoms with Gasteiger partial charge in [0, 0.05) is 22.5 Å². The summed E-state index contributed by atoms with van der Waals surface area (Å²) in [5.41, 5.74) is 6.55. The Morgan fingerprint density at radius 2 is 1.79 bits per heavy atom. The summed E-state index contributed by atoms with van der Waals surface area (Å²) in [4.78, 5) is 12.5. The number of phenols is 2. The van der Waals surface area contributed by atoms with Crippen LogP contribution in [0.5, 0.6) is 17.2 Å². The first-order valence-electron chi connectivity index (χ1n) is 7.20. The molecule has 0 unspecified atom stereocenters. The van der Waals surface area contributed by atoms with E-state index in [0.29, 0.717) is 27.9 Å². The molecule has 122 valence electrons. The third kappa shape index (κ3) is 2.65. The predicted octanol–water partition coefficient (Wildman–Crippen LogP) is 3.09. The van der Waals surface area contributed by atoms with Gasteiger partial charge in [-0.1, -0.05) is 24.3 Å². The summed E-state index contributed by atoms with van der Waals surface area (Å²) in [6.07, 6.45) is 0. The molecule has 5 N–H and O–H groups in total. The van der Waals surface area contributed by atoms with Crippen LogP contribution in [0.4, 0.5) is 11.4 Å². The van der Waals surface area contributed by atoms with Crippen LogP contribution in [-0.4, -0.2) is 23.2 Å². The fraction of sp³-hybridized carbons (Fsp3) is 0.0556. The highest BCUT2D eigenvalue weighted by Gasteiger charge is 2.18. The lowest BCUT2D eigenvalue weighted by molar-refractivity contribution is 0.102. The van der Waals surface area contributed by atoms with Gasteiger partial charge in [-0.2, -0.15) is 0 Å². The molecule has 1 amide bonds. The second-order valence-corrected chi connectivity index (χ2v) is 5.25. The van der Waals surface area contributed by atoms with Crippen LogP contribution in [0.1, 0.15) is 10.4 Å². The first-order chi connectivity index (χ1) is 11.5. The number of carbonyl (C=O) groups excluding carboxylic acids is 1. The predicted molar refractivity (Wildman–Crippen MR) is 92.6 cm³/mol. The molecule has 0 spiro atoms. The minimum absolute atomic E-state index is 0.0370. The largest absolute Gasteiger partial charge is 0.507 e. The van der Waals surface area contributed by atoms with Crippen molar-refractivity contribution in [3.05, 3.63) is 54.1 Å². The summed E-state index contributed by atoms with van der Waals surface area (Å²) in [5.74, 6) is -0.461. The summed E-state index contributed by atoms with van der Waals surface area (Å²) in [7, 11) is 1.46. The number of ether oxygens (including phenoxy) is 1. The Morgan fingerprint density at radius 3 is 2.50 bits per heavy atom. The van der Waals surface area contributed by atoms with Crippen molar-refractivity contribution in [3.63, 3.8) is 0 Å². The lowest BCUT2D eigenvalue weighted by Gasteiger charge is -2.13. The molecule has 0 radical (unpaired) electrons. The zero-order valence-electron chi connectivity index (χ0n) is 12.9. The Bertz CT molecular complexity index is 938. The van der Waals surface area contributed by atoms with Crippen LogP contribution in [0.3, 0.4) is 0 Å². The number of fused-ring (bicyclic) bond motifs is 1. The van der Waals surface area contributed by atoms with Crippen molar-refractivity contribution in [2.24, 2.45) is 0 Å². The number of anilines is 2. The molecule has 24 heavy (non-hydrogen) atoms. The summed E-state index contributed by atoms with van der Waals surface area (Å²) in [6.45, 7) is 0. The van der Waals surface area contributed by atoms with Crippen LogP contribution >= 0.6 is 0 Å². The summed E-state index contributed by atoms with van der Waals surface area (Å²) >= 11 is 0. The van der Waals surface area contributed by atoms with Crippen molar-refractivity contribution in [1.29, 1.82) is 0 Å². The van der Waals surface area contributed by atoms with E-state index in [-0.39, 0.29) is 17.1 Å². The van der Waals surface area contributed by atoms with Crippen molar-refractivity contribution in [1.82, 2.24) is 0 Å². The van der Waals surface area contributed by atoms with Crippen LogP contribution in [0.2, 0.25) is 0 Å². The summed E-state index contributed by atoms with van der Waals surface area (Å²) in [5, 5.41) is 24.0. The molecular weight excluding hydrogens is 308 g/mol. The van der Waals surface area contributed by atoms with Gasteiger partial charge in [0.15, 0.2) is 0 Å². The second-order valence-electron chi connectivity index (χ2n) is 5.25. The van der Waals surface area contributed by atoms with E-state index in [1.165, 1.54) is 13.2 Å². The SMILES string of the molecule is COc1cc(N)ccc1NC(=O)c1cc(O)c2ccccc2c1O. The zero-order chi connectivity index (χ0) is 17.3. The van der Waals surface area contributed by atoms with E-state index in [0.717, 1.165) is 0 Å². The fourth-order valence-electron chi connectivity index (χ4n) is 2.51. The molecule has 3 aromatic rings. The van der Waals surface area contributed by atoms with Gasteiger partial charge in [0.2, 0.25) is 0 Å². The maximum Gasteiger partial charge on any atom is 0.259 e. The lowest BCUT2D eigenvalue weighted by atomic mass is 10.0. The van der Waals surface area contributed by atoms with Gasteiger partial charge in [0.25, 0.3) is 5.91 Å². The van der Waals surface area contributed by atoms with E-state index in [9.17, 15) is 15.0 Å². The number of amides is 1. The van der Waals surface area contributed by atoms with Crippen LogP contribution in [-0.2, 0) is 0 Å². The average molecular weight is 324 g/mol. The number of nitrogen functional groups attached to an aromatic ring is 1. The van der Waals surface area contributed by atoms with Crippen LogP contribution in [0.25, 0.3) is 10.8 Å². The molecule has 0 heterocycles. The van der Waals surface area contributed by atoms with Crippen molar-refractivity contribution >= 4 is 28.1 Å². The number of benzene rings is 3. The van der Waals surface area contributed by atoms with Gasteiger partial charge in [-0.05, 0) is 18.2 Å². The Balaban J connectivity index is 2.02. The first kappa shape index (κ1) is 15.5. The Kier molecular flexibility index (Phi) is 3.87. The Labute approximate surface area is 138 Å². The molecule has 0 aliphatic heterocycles. The molecule has 0 aromatic heterocycles. The first-order valence-corrected chi connectivity index (χ1v) is 7.20. The number of methoxy groups -OCH3 is 1. The average Bonchev–Trinajstić information content (AvgIpc) is 2.59. The number of rotatable bonds is 3. The molecule has 0 aliphatic carbocycles. The number of carbonyl (C=O) groups is 1. The third-order valence-corrected chi connectivity index (χ3v) is 3.71. The fourth-order valence-corrected chi connectivity index (χ4v) is 2.51. The van der Waals surface area contributed by atoms with E-state index in [4.69, 9.17) is 10.5 Å². The van der Waals surface area contributed by atoms with E-state index >= 15 is 0 Å². The normalized spacial score (nSPS) is 10.5. The zero-order valence-corrected chi connectivity index (χ0v) is 12.9. The smallest absolute Gasteiger partial charge is 0.259 e. The van der Waals surface area contributed by atoms with Crippen molar-refractivity contribution in [2.45, 2.75) is 0 Å². The molecular formula is C18H16N2O4. The van der Waals surface area contributed by atoms with E-state index in [2.05, 4.69) is 5.32 Å². The second kappa shape index (κ2) is 6.00. The highest BCUT2D eigenvalue weighted by Crippen LogP contribution is 2.36. The Morgan fingerprint density at radius 1 is 1.08 bits per heavy atom. The Hall–Kier alpha value is -3.41. The highest BCUT2D eigenvalue weighted by atomic mass is 16.5. The third-order valence-electron chi connectivity index (χ3n) is 3.71. The summed E-state index contributed by atoms with van der Waals surface area (Å²) < 4.78 is 5.18. The van der Waals surface area contributed by atoms with Gasteiger partial charge in [-0.3, -0.25) is 4.79 Å². The van der Waals surface area contributed by atoms with Gasteiger partial charge in [-0.15, -0.1) is 0 Å². The van der Waals surface area contributed by atoms with E-state index in [1.54, 1.807) is 42.5 Å². The molecule has 0 fully saturated rings. The van der Waals surface area contributed by atoms with Crippen molar-refractivity contribution in [3.8, 4) is 17.2 Å². The van der Waals surface area contributed by atoms with Crippen molar-refractivity contribution < 1.29 is 19.7 Å². The van der Waals surface area contributed by atoms with E-state index in [1.807, 2.05) is 0 Å². The number of nitrogens with two attached hydrogens (primary N) is 1. The van der Waals surface area contributed by atoms with Crippen LogP contribution in [0, 0.1) is 0 Å². The van der Waals surface area contributed by atoms with Crippen molar-refractivity contribution in [2.75, 3.05) is 18.2 Å². The quantitative estimate of drug-likeness (QED) is 0.438. The maximum absolute atomic E-state index is 12.5.